The van der Waals surface area contributed by atoms with Gasteiger partial charge >= 0.3 is 23.9 Å². The zero-order chi connectivity index (χ0) is 22.8. The first-order valence-corrected chi connectivity index (χ1v) is 9.68. The molecule has 9 heteroatoms. The Balaban J connectivity index is 1.96. The third kappa shape index (κ3) is 7.32. The minimum Gasteiger partial charge on any atom is -0.478 e. The lowest BCUT2D eigenvalue weighted by molar-refractivity contribution is 0.0291. The van der Waals surface area contributed by atoms with Gasteiger partial charge in [0.15, 0.2) is 6.23 Å². The molecule has 0 saturated heterocycles. The Kier molecular flexibility index (Phi) is 8.86. The topological polar surface area (TPSA) is 159 Å². The van der Waals surface area contributed by atoms with Crippen molar-refractivity contribution in [2.45, 2.75) is 31.9 Å². The van der Waals surface area contributed by atoms with Crippen molar-refractivity contribution in [3.63, 3.8) is 0 Å². The number of aromatic carboxylic acids is 1. The van der Waals surface area contributed by atoms with Gasteiger partial charge < -0.3 is 20.3 Å². The normalized spacial score (nSPS) is 11.4. The Labute approximate surface area is 178 Å². The summed E-state index contributed by atoms with van der Waals surface area (Å²) in [4.78, 5) is 47.5. The fraction of sp³-hybridized carbons (Fsp3) is 0.273. The number of hydrogen-bond acceptors (Lipinski definition) is 8. The summed E-state index contributed by atoms with van der Waals surface area (Å²) in [6, 6.07) is 10.4. The van der Waals surface area contributed by atoms with Crippen molar-refractivity contribution in [2.75, 3.05) is 6.54 Å². The van der Waals surface area contributed by atoms with E-state index in [1.165, 1.54) is 48.5 Å². The second-order valence-corrected chi connectivity index (χ2v) is 6.72. The number of carbonyl (C=O) groups excluding carboxylic acids is 3. The van der Waals surface area contributed by atoms with Crippen LogP contribution >= 0.6 is 0 Å². The van der Waals surface area contributed by atoms with E-state index in [1.807, 2.05) is 0 Å². The van der Waals surface area contributed by atoms with Crippen molar-refractivity contribution in [3.05, 3.63) is 70.8 Å². The number of hydrogen-bond donors (Lipinski definition) is 3. The van der Waals surface area contributed by atoms with Gasteiger partial charge in [-0.15, -0.1) is 0 Å². The maximum atomic E-state index is 12.3. The molecule has 2 aromatic rings. The van der Waals surface area contributed by atoms with E-state index in [-0.39, 0.29) is 22.3 Å². The van der Waals surface area contributed by atoms with Gasteiger partial charge in [-0.1, -0.05) is 12.5 Å². The van der Waals surface area contributed by atoms with Crippen LogP contribution in [0.5, 0.6) is 0 Å². The summed E-state index contributed by atoms with van der Waals surface area (Å²) in [6.07, 6.45) is 2.23. The second-order valence-electron chi connectivity index (χ2n) is 6.72. The van der Waals surface area contributed by atoms with E-state index in [9.17, 15) is 19.2 Å². The third-order valence-electron chi connectivity index (χ3n) is 4.34. The molecule has 2 aromatic carbocycles. The minimum absolute atomic E-state index is 0.00771. The molecule has 0 aliphatic heterocycles. The number of carboxylic acid groups (broad SMARTS) is 1. The zero-order valence-corrected chi connectivity index (χ0v) is 16.8. The van der Waals surface area contributed by atoms with E-state index in [0.717, 1.165) is 19.3 Å². The molecule has 1 atom stereocenters. The van der Waals surface area contributed by atoms with Crippen LogP contribution in [0.15, 0.2) is 48.5 Å². The molecule has 2 rings (SSSR count). The lowest BCUT2D eigenvalue weighted by atomic mass is 10.1. The fourth-order valence-corrected chi connectivity index (χ4v) is 2.66. The number of rotatable bonds is 10. The van der Waals surface area contributed by atoms with E-state index in [0.29, 0.717) is 13.0 Å². The Morgan fingerprint density at radius 2 is 1.39 bits per heavy atom. The molecule has 164 valence electrons. The highest BCUT2D eigenvalue weighted by Crippen LogP contribution is 2.13. The van der Waals surface area contributed by atoms with Crippen molar-refractivity contribution in [1.82, 2.24) is 0 Å². The molecule has 0 amide bonds. The van der Waals surface area contributed by atoms with Gasteiger partial charge in [0.1, 0.15) is 0 Å². The second kappa shape index (κ2) is 11.6. The smallest absolute Gasteiger partial charge is 0.346 e. The van der Waals surface area contributed by atoms with Gasteiger partial charge in [0, 0.05) is 0 Å². The largest absolute Gasteiger partial charge is 0.478 e. The Bertz CT molecular complexity index is 941. The molecule has 0 aliphatic rings. The highest BCUT2D eigenvalue weighted by atomic mass is 16.6. The predicted molar refractivity (Wildman–Crippen MR) is 111 cm³/mol. The van der Waals surface area contributed by atoms with Crippen molar-refractivity contribution in [1.29, 1.82) is 0 Å². The summed E-state index contributed by atoms with van der Waals surface area (Å²) in [5, 5.41) is 8.88. The van der Waals surface area contributed by atoms with Gasteiger partial charge in [0.05, 0.1) is 22.3 Å². The molecule has 9 nitrogen and oxygen atoms in total. The molecule has 31 heavy (non-hydrogen) atoms. The quantitative estimate of drug-likeness (QED) is 0.223. The summed E-state index contributed by atoms with van der Waals surface area (Å²) >= 11 is 0. The lowest BCUT2D eigenvalue weighted by Crippen LogP contribution is -2.27. The van der Waals surface area contributed by atoms with Gasteiger partial charge in [-0.3, -0.25) is 5.73 Å². The maximum absolute atomic E-state index is 12.3. The van der Waals surface area contributed by atoms with E-state index < -0.39 is 30.1 Å². The number of nitrogens with two attached hydrogens (primary N) is 2. The number of unbranched alkanes of at least 4 members (excludes halogenated alkanes) is 2. The molecule has 0 saturated carbocycles. The SMILES string of the molecule is NCCCCCC(N)OC(=O)c1cccc(C(=O)OC(=O)c2ccc(C(=O)O)cc2)c1. The maximum Gasteiger partial charge on any atom is 0.346 e. The molecule has 1 unspecified atom stereocenters. The van der Waals surface area contributed by atoms with Gasteiger partial charge in [-0.05, 0) is 68.3 Å². The van der Waals surface area contributed by atoms with Crippen molar-refractivity contribution in [3.8, 4) is 0 Å². The van der Waals surface area contributed by atoms with E-state index in [2.05, 4.69) is 0 Å². The molecule has 0 heterocycles. The van der Waals surface area contributed by atoms with Crippen LogP contribution in [0.25, 0.3) is 0 Å². The summed E-state index contributed by atoms with van der Waals surface area (Å²) in [7, 11) is 0. The number of carboxylic acids is 1. The third-order valence-corrected chi connectivity index (χ3v) is 4.34. The standard InChI is InChI=1S/C22H24N2O7/c23-12-3-1-2-7-18(24)30-21(28)16-5-4-6-17(13-16)22(29)31-20(27)15-10-8-14(9-11-15)19(25)26/h4-6,8-11,13,18H,1-3,7,12,23-24H2,(H,25,26). The molecular formula is C22H24N2O7. The van der Waals surface area contributed by atoms with E-state index in [4.69, 9.17) is 26.0 Å². The summed E-state index contributed by atoms with van der Waals surface area (Å²) in [6.45, 7) is 0.591. The van der Waals surface area contributed by atoms with E-state index in [1.54, 1.807) is 0 Å². The molecule has 0 bridgehead atoms. The van der Waals surface area contributed by atoms with Crippen LogP contribution < -0.4 is 11.5 Å². The van der Waals surface area contributed by atoms with Gasteiger partial charge in [-0.25, -0.2) is 19.2 Å². The van der Waals surface area contributed by atoms with Crippen LogP contribution in [0, 0.1) is 0 Å². The first kappa shape index (κ1) is 23.7. The van der Waals surface area contributed by atoms with Crippen molar-refractivity contribution in [2.24, 2.45) is 11.5 Å². The molecule has 0 aromatic heterocycles. The highest BCUT2D eigenvalue weighted by molar-refractivity contribution is 6.04. The van der Waals surface area contributed by atoms with Crippen LogP contribution in [0.4, 0.5) is 0 Å². The first-order valence-electron chi connectivity index (χ1n) is 9.68. The first-order chi connectivity index (χ1) is 14.8. The number of carbonyl (C=O) groups is 4. The lowest BCUT2D eigenvalue weighted by Gasteiger charge is -2.13. The van der Waals surface area contributed by atoms with Crippen LogP contribution in [0.2, 0.25) is 0 Å². The number of benzene rings is 2. The van der Waals surface area contributed by atoms with Crippen LogP contribution in [0.1, 0.15) is 67.1 Å². The molecular weight excluding hydrogens is 404 g/mol. The monoisotopic (exact) mass is 428 g/mol. The molecule has 0 fully saturated rings. The van der Waals surface area contributed by atoms with Crippen LogP contribution in [0.3, 0.4) is 0 Å². The van der Waals surface area contributed by atoms with Crippen molar-refractivity contribution < 1.29 is 33.8 Å². The van der Waals surface area contributed by atoms with E-state index >= 15 is 0 Å². The molecule has 0 radical (unpaired) electrons. The molecule has 0 spiro atoms. The average Bonchev–Trinajstić information content (AvgIpc) is 2.76. The minimum atomic E-state index is -1.14. The Hall–Kier alpha value is -3.56. The zero-order valence-electron chi connectivity index (χ0n) is 16.8. The average molecular weight is 428 g/mol. The Morgan fingerprint density at radius 3 is 2.00 bits per heavy atom. The number of ether oxygens (including phenoxy) is 2. The Morgan fingerprint density at radius 1 is 0.806 bits per heavy atom. The predicted octanol–water partition coefficient (Wildman–Crippen LogP) is 2.34. The van der Waals surface area contributed by atoms with Gasteiger partial charge in [0.25, 0.3) is 0 Å². The molecule has 0 aliphatic carbocycles. The van der Waals surface area contributed by atoms with Crippen LogP contribution in [-0.2, 0) is 9.47 Å². The summed E-state index contributed by atoms with van der Waals surface area (Å²) in [5.41, 5.74) is 11.3. The fourth-order valence-electron chi connectivity index (χ4n) is 2.66. The van der Waals surface area contributed by atoms with Gasteiger partial charge in [-0.2, -0.15) is 0 Å². The van der Waals surface area contributed by atoms with Gasteiger partial charge in [0.2, 0.25) is 0 Å². The summed E-state index contributed by atoms with van der Waals surface area (Å²) < 4.78 is 9.98. The highest BCUT2D eigenvalue weighted by Gasteiger charge is 2.18. The van der Waals surface area contributed by atoms with Crippen molar-refractivity contribution >= 4 is 23.9 Å². The van der Waals surface area contributed by atoms with Crippen LogP contribution in [-0.4, -0.2) is 41.8 Å². The summed E-state index contributed by atoms with van der Waals surface area (Å²) in [5.74, 6) is -3.76. The number of esters is 3. The molecule has 5 N–H and O–H groups in total.